The van der Waals surface area contributed by atoms with Crippen molar-refractivity contribution < 1.29 is 23.5 Å². The van der Waals surface area contributed by atoms with E-state index in [1.165, 1.54) is 4.90 Å². The van der Waals surface area contributed by atoms with Crippen LogP contribution in [-0.4, -0.2) is 43.3 Å². The Bertz CT molecular complexity index is 551. The second-order valence-corrected chi connectivity index (χ2v) is 5.91. The molecule has 1 aliphatic rings. The summed E-state index contributed by atoms with van der Waals surface area (Å²) in [5.41, 5.74) is -0.161. The number of benzene rings is 1. The van der Waals surface area contributed by atoms with Crippen LogP contribution in [0.2, 0.25) is 0 Å². The summed E-state index contributed by atoms with van der Waals surface area (Å²) in [4.78, 5) is 25.7. The topological polar surface area (TPSA) is 55.8 Å². The van der Waals surface area contributed by atoms with E-state index in [1.807, 2.05) is 30.3 Å². The number of carbonyl (C=O) groups is 2. The molecule has 5 nitrogen and oxygen atoms in total. The fraction of sp³-hybridized carbons (Fsp3) is 0.529. The third-order valence-corrected chi connectivity index (χ3v) is 4.25. The van der Waals surface area contributed by atoms with Gasteiger partial charge in [-0.1, -0.05) is 30.3 Å². The number of carbonyl (C=O) groups excluding carboxylic acids is 2. The van der Waals surface area contributed by atoms with E-state index >= 15 is 0 Å². The number of likely N-dealkylation sites (tertiary alicyclic amines) is 1. The zero-order valence-corrected chi connectivity index (χ0v) is 13.5. The Labute approximate surface area is 135 Å². The first-order valence-corrected chi connectivity index (χ1v) is 7.70. The van der Waals surface area contributed by atoms with E-state index in [9.17, 15) is 14.0 Å². The average molecular weight is 323 g/mol. The summed E-state index contributed by atoms with van der Waals surface area (Å²) in [6, 6.07) is 9.29. The number of ether oxygens (including phenoxy) is 2. The third-order valence-electron chi connectivity index (χ3n) is 4.25. The Morgan fingerprint density at radius 3 is 2.61 bits per heavy atom. The SMILES string of the molecule is CCOC(=O)[C@@]1(C)CN(C(=O)OCc2ccccc2)C[C@@H]1CF. The predicted octanol–water partition coefficient (Wildman–Crippen LogP) is 2.79. The van der Waals surface area contributed by atoms with Gasteiger partial charge >= 0.3 is 12.1 Å². The minimum Gasteiger partial charge on any atom is -0.466 e. The van der Waals surface area contributed by atoms with Gasteiger partial charge in [-0.05, 0) is 19.4 Å². The number of amides is 1. The van der Waals surface area contributed by atoms with Crippen molar-refractivity contribution in [3.63, 3.8) is 0 Å². The summed E-state index contributed by atoms with van der Waals surface area (Å²) in [7, 11) is 0. The number of rotatable bonds is 5. The minimum absolute atomic E-state index is 0.105. The van der Waals surface area contributed by atoms with Crippen molar-refractivity contribution in [3.05, 3.63) is 35.9 Å². The Morgan fingerprint density at radius 2 is 2.00 bits per heavy atom. The number of nitrogens with zero attached hydrogens (tertiary/aromatic N) is 1. The number of halogens is 1. The Kier molecular flexibility index (Phi) is 5.58. The summed E-state index contributed by atoms with van der Waals surface area (Å²) in [5.74, 6) is -1.05. The highest BCUT2D eigenvalue weighted by Gasteiger charge is 2.51. The highest BCUT2D eigenvalue weighted by atomic mass is 19.1. The van der Waals surface area contributed by atoms with Crippen LogP contribution < -0.4 is 0 Å². The molecule has 1 aromatic carbocycles. The lowest BCUT2D eigenvalue weighted by atomic mass is 9.81. The van der Waals surface area contributed by atoms with Gasteiger partial charge in [0.2, 0.25) is 0 Å². The highest BCUT2D eigenvalue weighted by molar-refractivity contribution is 5.79. The molecule has 126 valence electrons. The van der Waals surface area contributed by atoms with Crippen molar-refractivity contribution >= 4 is 12.1 Å². The number of esters is 1. The van der Waals surface area contributed by atoms with Crippen LogP contribution in [0.3, 0.4) is 0 Å². The van der Waals surface area contributed by atoms with Crippen LogP contribution in [0.25, 0.3) is 0 Å². The molecule has 1 saturated heterocycles. The molecule has 0 unspecified atom stereocenters. The normalized spacial score (nSPS) is 23.6. The smallest absolute Gasteiger partial charge is 0.410 e. The first-order chi connectivity index (χ1) is 11.0. The maximum absolute atomic E-state index is 13.3. The van der Waals surface area contributed by atoms with Crippen LogP contribution in [-0.2, 0) is 20.9 Å². The number of alkyl halides is 1. The first-order valence-electron chi connectivity index (χ1n) is 7.70. The molecule has 6 heteroatoms. The summed E-state index contributed by atoms with van der Waals surface area (Å²) >= 11 is 0. The largest absolute Gasteiger partial charge is 0.466 e. The van der Waals surface area contributed by atoms with Crippen molar-refractivity contribution in [1.82, 2.24) is 4.90 Å². The van der Waals surface area contributed by atoms with Gasteiger partial charge in [-0.2, -0.15) is 0 Å². The molecule has 2 rings (SSSR count). The Morgan fingerprint density at radius 1 is 1.30 bits per heavy atom. The van der Waals surface area contributed by atoms with Gasteiger partial charge in [0, 0.05) is 19.0 Å². The van der Waals surface area contributed by atoms with Gasteiger partial charge in [-0.3, -0.25) is 9.18 Å². The van der Waals surface area contributed by atoms with Crippen molar-refractivity contribution in [2.24, 2.45) is 11.3 Å². The molecule has 1 amide bonds. The van der Waals surface area contributed by atoms with E-state index in [0.717, 1.165) is 5.56 Å². The molecule has 0 spiro atoms. The lowest BCUT2D eigenvalue weighted by Gasteiger charge is -2.25. The molecule has 1 heterocycles. The predicted molar refractivity (Wildman–Crippen MR) is 82.4 cm³/mol. The first kappa shape index (κ1) is 17.2. The van der Waals surface area contributed by atoms with Crippen LogP contribution in [0.15, 0.2) is 30.3 Å². The number of hydrogen-bond acceptors (Lipinski definition) is 4. The summed E-state index contributed by atoms with van der Waals surface area (Å²) in [6.45, 7) is 3.29. The quantitative estimate of drug-likeness (QED) is 0.782. The van der Waals surface area contributed by atoms with E-state index < -0.39 is 30.1 Å². The monoisotopic (exact) mass is 323 g/mol. The molecule has 0 aromatic heterocycles. The lowest BCUT2D eigenvalue weighted by molar-refractivity contribution is -0.156. The molecule has 0 aliphatic carbocycles. The molecule has 1 aliphatic heterocycles. The summed E-state index contributed by atoms with van der Waals surface area (Å²) < 4.78 is 23.6. The lowest BCUT2D eigenvalue weighted by Crippen LogP contribution is -2.39. The van der Waals surface area contributed by atoms with E-state index in [2.05, 4.69) is 0 Å². The van der Waals surface area contributed by atoms with Gasteiger partial charge in [0.15, 0.2) is 0 Å². The van der Waals surface area contributed by atoms with Crippen molar-refractivity contribution in [2.45, 2.75) is 20.5 Å². The van der Waals surface area contributed by atoms with Gasteiger partial charge in [-0.15, -0.1) is 0 Å². The molecule has 0 saturated carbocycles. The van der Waals surface area contributed by atoms with Gasteiger partial charge in [0.05, 0.1) is 18.7 Å². The maximum atomic E-state index is 13.3. The molecular formula is C17H22FNO4. The molecule has 1 fully saturated rings. The summed E-state index contributed by atoms with van der Waals surface area (Å²) in [6.07, 6.45) is -0.541. The van der Waals surface area contributed by atoms with Gasteiger partial charge in [0.25, 0.3) is 0 Å². The van der Waals surface area contributed by atoms with Crippen molar-refractivity contribution in [2.75, 3.05) is 26.4 Å². The second kappa shape index (κ2) is 7.44. The number of hydrogen-bond donors (Lipinski definition) is 0. The van der Waals surface area contributed by atoms with Gasteiger partial charge in [-0.25, -0.2) is 4.79 Å². The molecular weight excluding hydrogens is 301 g/mol. The highest BCUT2D eigenvalue weighted by Crippen LogP contribution is 2.37. The van der Waals surface area contributed by atoms with Crippen molar-refractivity contribution in [1.29, 1.82) is 0 Å². The van der Waals surface area contributed by atoms with Gasteiger partial charge < -0.3 is 14.4 Å². The van der Waals surface area contributed by atoms with E-state index in [0.29, 0.717) is 0 Å². The van der Waals surface area contributed by atoms with E-state index in [1.54, 1.807) is 13.8 Å². The van der Waals surface area contributed by atoms with E-state index in [-0.39, 0.29) is 26.3 Å². The molecule has 2 atom stereocenters. The molecule has 1 aromatic rings. The third kappa shape index (κ3) is 3.81. The maximum Gasteiger partial charge on any atom is 0.410 e. The van der Waals surface area contributed by atoms with Gasteiger partial charge in [0.1, 0.15) is 6.61 Å². The Hall–Kier alpha value is -2.11. The van der Waals surface area contributed by atoms with Crippen LogP contribution in [0, 0.1) is 11.3 Å². The standard InChI is InChI=1S/C17H22FNO4/c1-3-22-15(20)17(2)12-19(10-14(17)9-18)16(21)23-11-13-7-5-4-6-8-13/h4-8,14H,3,9-12H2,1-2H3/t14-,17-/m0/s1. The average Bonchev–Trinajstić information content (AvgIpc) is 2.92. The fourth-order valence-electron chi connectivity index (χ4n) is 2.75. The van der Waals surface area contributed by atoms with Crippen LogP contribution in [0.4, 0.5) is 9.18 Å². The van der Waals surface area contributed by atoms with Crippen LogP contribution >= 0.6 is 0 Å². The molecule has 23 heavy (non-hydrogen) atoms. The molecule has 0 bridgehead atoms. The minimum atomic E-state index is -1.03. The molecule has 0 radical (unpaired) electrons. The zero-order chi connectivity index (χ0) is 16.9. The zero-order valence-electron chi connectivity index (χ0n) is 13.5. The van der Waals surface area contributed by atoms with Crippen LogP contribution in [0.1, 0.15) is 19.4 Å². The fourth-order valence-corrected chi connectivity index (χ4v) is 2.75. The summed E-state index contributed by atoms with van der Waals surface area (Å²) in [5, 5.41) is 0. The molecule has 0 N–H and O–H groups in total. The second-order valence-electron chi connectivity index (χ2n) is 5.91. The Balaban J connectivity index is 1.98. The van der Waals surface area contributed by atoms with E-state index in [4.69, 9.17) is 9.47 Å². The van der Waals surface area contributed by atoms with Crippen LogP contribution in [0.5, 0.6) is 0 Å². The van der Waals surface area contributed by atoms with Crippen molar-refractivity contribution in [3.8, 4) is 0 Å².